The maximum absolute atomic E-state index is 14.4. The lowest BCUT2D eigenvalue weighted by Crippen LogP contribution is -2.40. The number of para-hydroxylation sites is 1. The predicted octanol–water partition coefficient (Wildman–Crippen LogP) is 6.19. The molecule has 4 aromatic rings. The first-order chi connectivity index (χ1) is 21.6. The van der Waals surface area contributed by atoms with Gasteiger partial charge in [0.2, 0.25) is 0 Å². The SMILES string of the molecule is COc1ccc([C@H]2C(C(=O)Nc3ccccc3)=C(C)N=c3s/c(=C\c4cc(C(C)(C)C)c(O)c(C(C)(C)C)c4)c(=O)n32)cc1OC. The Morgan fingerprint density at radius 3 is 2.11 bits per heavy atom. The maximum Gasteiger partial charge on any atom is 0.271 e. The van der Waals surface area contributed by atoms with Gasteiger partial charge in [0, 0.05) is 16.8 Å². The van der Waals surface area contributed by atoms with E-state index in [9.17, 15) is 14.7 Å². The second-order valence-corrected chi connectivity index (χ2v) is 14.5. The Bertz CT molecular complexity index is 1990. The van der Waals surface area contributed by atoms with E-state index in [0.717, 1.165) is 16.7 Å². The third kappa shape index (κ3) is 6.24. The highest BCUT2D eigenvalue weighted by molar-refractivity contribution is 7.07. The molecule has 5 rings (SSSR count). The summed E-state index contributed by atoms with van der Waals surface area (Å²) in [6, 6.07) is 17.7. The van der Waals surface area contributed by atoms with Crippen molar-refractivity contribution in [3.63, 3.8) is 0 Å². The molecule has 0 spiro atoms. The second kappa shape index (κ2) is 12.3. The number of thiazole rings is 1. The van der Waals surface area contributed by atoms with Crippen LogP contribution in [0.2, 0.25) is 0 Å². The lowest BCUT2D eigenvalue weighted by molar-refractivity contribution is -0.113. The minimum atomic E-state index is -0.781. The van der Waals surface area contributed by atoms with Crippen LogP contribution in [0.15, 0.2) is 81.7 Å². The molecular weight excluding hydrogens is 598 g/mol. The quantitative estimate of drug-likeness (QED) is 0.262. The van der Waals surface area contributed by atoms with Gasteiger partial charge in [-0.1, -0.05) is 77.1 Å². The molecule has 0 saturated carbocycles. The molecule has 240 valence electrons. The van der Waals surface area contributed by atoms with Crippen LogP contribution in [0.3, 0.4) is 0 Å². The number of aromatic hydroxyl groups is 1. The van der Waals surface area contributed by atoms with E-state index in [1.54, 1.807) is 37.8 Å². The van der Waals surface area contributed by atoms with Crippen LogP contribution in [0.25, 0.3) is 6.08 Å². The molecular formula is C37H41N3O5S. The Morgan fingerprint density at radius 2 is 1.54 bits per heavy atom. The molecule has 2 heterocycles. The summed E-state index contributed by atoms with van der Waals surface area (Å²) in [7, 11) is 3.11. The zero-order valence-electron chi connectivity index (χ0n) is 27.8. The Kier molecular flexibility index (Phi) is 8.75. The summed E-state index contributed by atoms with van der Waals surface area (Å²) >= 11 is 1.27. The Hall–Kier alpha value is -4.63. The highest BCUT2D eigenvalue weighted by atomic mass is 32.1. The Labute approximate surface area is 273 Å². The number of allylic oxidation sites excluding steroid dienone is 1. The molecule has 1 amide bonds. The molecule has 0 bridgehead atoms. The number of ether oxygens (including phenoxy) is 2. The van der Waals surface area contributed by atoms with E-state index in [0.29, 0.717) is 43.4 Å². The van der Waals surface area contributed by atoms with E-state index in [2.05, 4.69) is 46.9 Å². The molecule has 1 aliphatic heterocycles. The Balaban J connectivity index is 1.74. The van der Waals surface area contributed by atoms with Crippen molar-refractivity contribution in [1.82, 2.24) is 4.57 Å². The largest absolute Gasteiger partial charge is 0.507 e. The van der Waals surface area contributed by atoms with Crippen LogP contribution < -0.4 is 29.7 Å². The van der Waals surface area contributed by atoms with E-state index in [-0.39, 0.29) is 28.0 Å². The highest BCUT2D eigenvalue weighted by Gasteiger charge is 2.33. The highest BCUT2D eigenvalue weighted by Crippen LogP contribution is 2.40. The van der Waals surface area contributed by atoms with Crippen LogP contribution in [0.5, 0.6) is 17.2 Å². The lowest BCUT2D eigenvalue weighted by Gasteiger charge is -2.27. The standard InChI is InChI=1S/C37H41N3O5S/c1-21-30(33(42)39-24-13-11-10-12-14-24)31(23-15-16-27(44-8)28(20-23)45-9)40-34(43)29(46-35(40)38-21)19-22-17-25(36(2,3)4)32(41)26(18-22)37(5,6)7/h10-20,31,41H,1-9H3,(H,39,42)/b29-19-/t31-/m0/s1. The number of hydrogen-bond donors (Lipinski definition) is 2. The molecule has 8 nitrogen and oxygen atoms in total. The topological polar surface area (TPSA) is 102 Å². The van der Waals surface area contributed by atoms with E-state index >= 15 is 0 Å². The van der Waals surface area contributed by atoms with E-state index in [1.165, 1.54) is 11.3 Å². The number of carbonyl (C=O) groups excluding carboxylic acids is 1. The van der Waals surface area contributed by atoms with Gasteiger partial charge in [0.25, 0.3) is 11.5 Å². The summed E-state index contributed by atoms with van der Waals surface area (Å²) in [5, 5.41) is 14.2. The van der Waals surface area contributed by atoms with Gasteiger partial charge in [-0.2, -0.15) is 0 Å². The molecule has 1 aromatic heterocycles. The molecule has 0 saturated heterocycles. The number of amides is 1. The van der Waals surface area contributed by atoms with E-state index < -0.39 is 6.04 Å². The number of anilines is 1. The minimum absolute atomic E-state index is 0.274. The summed E-state index contributed by atoms with van der Waals surface area (Å²) < 4.78 is 13.1. The lowest BCUT2D eigenvalue weighted by atomic mass is 9.78. The first kappa shape index (κ1) is 32.8. The monoisotopic (exact) mass is 639 g/mol. The number of benzene rings is 3. The fourth-order valence-electron chi connectivity index (χ4n) is 5.70. The molecule has 2 N–H and O–H groups in total. The van der Waals surface area contributed by atoms with Crippen molar-refractivity contribution in [2.24, 2.45) is 4.99 Å². The number of nitrogens with one attached hydrogen (secondary N) is 1. The molecule has 3 aromatic carbocycles. The van der Waals surface area contributed by atoms with Gasteiger partial charge in [0.05, 0.1) is 36.1 Å². The van der Waals surface area contributed by atoms with Gasteiger partial charge in [0.15, 0.2) is 16.3 Å². The minimum Gasteiger partial charge on any atom is -0.507 e. The van der Waals surface area contributed by atoms with Crippen LogP contribution in [0.4, 0.5) is 5.69 Å². The molecule has 0 radical (unpaired) electrons. The van der Waals surface area contributed by atoms with Gasteiger partial charge >= 0.3 is 0 Å². The van der Waals surface area contributed by atoms with Gasteiger partial charge in [0.1, 0.15) is 5.75 Å². The van der Waals surface area contributed by atoms with Crippen molar-refractivity contribution in [2.45, 2.75) is 65.3 Å². The molecule has 0 fully saturated rings. The molecule has 1 atom stereocenters. The van der Waals surface area contributed by atoms with Crippen molar-refractivity contribution in [2.75, 3.05) is 19.5 Å². The fraction of sp³-hybridized carbons (Fsp3) is 0.324. The number of phenolic OH excluding ortho intramolecular Hbond substituents is 1. The number of nitrogens with zero attached hydrogens (tertiary/aromatic N) is 2. The van der Waals surface area contributed by atoms with Gasteiger partial charge in [-0.15, -0.1) is 0 Å². The average molecular weight is 640 g/mol. The van der Waals surface area contributed by atoms with Crippen LogP contribution in [0.1, 0.15) is 76.8 Å². The number of fused-ring (bicyclic) bond motifs is 1. The van der Waals surface area contributed by atoms with Crippen molar-refractivity contribution in [3.05, 3.63) is 114 Å². The number of aromatic nitrogens is 1. The smallest absolute Gasteiger partial charge is 0.271 e. The zero-order valence-corrected chi connectivity index (χ0v) is 28.6. The number of carbonyl (C=O) groups is 1. The van der Waals surface area contributed by atoms with E-state index in [4.69, 9.17) is 14.5 Å². The molecule has 9 heteroatoms. The molecule has 0 unspecified atom stereocenters. The average Bonchev–Trinajstić information content (AvgIpc) is 3.29. The molecule has 1 aliphatic rings. The number of hydrogen-bond acceptors (Lipinski definition) is 7. The third-order valence-electron chi connectivity index (χ3n) is 8.07. The van der Waals surface area contributed by atoms with Crippen LogP contribution >= 0.6 is 11.3 Å². The Morgan fingerprint density at radius 1 is 0.935 bits per heavy atom. The third-order valence-corrected chi connectivity index (χ3v) is 9.05. The molecule has 46 heavy (non-hydrogen) atoms. The van der Waals surface area contributed by atoms with Gasteiger partial charge in [-0.25, -0.2) is 4.99 Å². The van der Waals surface area contributed by atoms with Crippen molar-refractivity contribution >= 4 is 29.0 Å². The summed E-state index contributed by atoms with van der Waals surface area (Å²) in [5.74, 6) is 0.931. The summed E-state index contributed by atoms with van der Waals surface area (Å²) in [6.45, 7) is 14.1. The van der Waals surface area contributed by atoms with Crippen LogP contribution in [-0.2, 0) is 15.6 Å². The molecule has 0 aliphatic carbocycles. The maximum atomic E-state index is 14.4. The van der Waals surface area contributed by atoms with Gasteiger partial charge in [-0.05, 0) is 71.4 Å². The van der Waals surface area contributed by atoms with Crippen molar-refractivity contribution in [1.29, 1.82) is 0 Å². The summed E-state index contributed by atoms with van der Waals surface area (Å²) in [5.41, 5.74) is 3.65. The number of phenols is 1. The van der Waals surface area contributed by atoms with Crippen molar-refractivity contribution < 1.29 is 19.4 Å². The predicted molar refractivity (Wildman–Crippen MR) is 184 cm³/mol. The van der Waals surface area contributed by atoms with Gasteiger partial charge < -0.3 is 19.9 Å². The summed E-state index contributed by atoms with van der Waals surface area (Å²) in [6.07, 6.45) is 1.85. The number of rotatable bonds is 6. The van der Waals surface area contributed by atoms with E-state index in [1.807, 2.05) is 54.6 Å². The van der Waals surface area contributed by atoms with Gasteiger partial charge in [-0.3, -0.25) is 14.2 Å². The fourth-order valence-corrected chi connectivity index (χ4v) is 6.75. The number of methoxy groups -OCH3 is 2. The van der Waals surface area contributed by atoms with Crippen LogP contribution in [-0.4, -0.2) is 29.8 Å². The summed E-state index contributed by atoms with van der Waals surface area (Å²) in [4.78, 5) is 33.5. The first-order valence-electron chi connectivity index (χ1n) is 15.1. The zero-order chi connectivity index (χ0) is 33.6. The first-order valence-corrected chi connectivity index (χ1v) is 15.9. The normalized spacial score (nSPS) is 15.3. The van der Waals surface area contributed by atoms with Crippen LogP contribution in [0, 0.1) is 0 Å². The van der Waals surface area contributed by atoms with Crippen molar-refractivity contribution in [3.8, 4) is 17.2 Å². The second-order valence-electron chi connectivity index (χ2n) is 13.5.